The number of nitrogens with one attached hydrogen (secondary N) is 2. The van der Waals surface area contributed by atoms with Gasteiger partial charge in [0, 0.05) is 12.5 Å². The quantitative estimate of drug-likeness (QED) is 0.579. The van der Waals surface area contributed by atoms with Crippen LogP contribution in [0.3, 0.4) is 0 Å². The van der Waals surface area contributed by atoms with Crippen LogP contribution in [0.1, 0.15) is 6.42 Å². The highest BCUT2D eigenvalue weighted by Gasteiger charge is 2.24. The maximum Gasteiger partial charge on any atom is 0.315 e. The van der Waals surface area contributed by atoms with Gasteiger partial charge in [-0.25, -0.2) is 4.79 Å². The first-order valence-electron chi connectivity index (χ1n) is 7.68. The molecule has 0 aromatic heterocycles. The highest BCUT2D eigenvalue weighted by Crippen LogP contribution is 2.34. The molecule has 1 atom stereocenters. The van der Waals surface area contributed by atoms with E-state index in [9.17, 15) is 9.59 Å². The van der Waals surface area contributed by atoms with Gasteiger partial charge in [0.2, 0.25) is 6.79 Å². The van der Waals surface area contributed by atoms with Crippen molar-refractivity contribution in [1.82, 2.24) is 10.6 Å². The number of primary amides is 1. The molecule has 0 saturated heterocycles. The van der Waals surface area contributed by atoms with E-state index in [-0.39, 0.29) is 31.5 Å². The fourth-order valence-electron chi connectivity index (χ4n) is 2.25. The molecule has 0 unspecified atom stereocenters. The standard InChI is InChI=1S/C15H18N4O6/c16-14(20)11-5-10(25-19-11)7-18-15(21)17-3-4-22-9-1-2-12-13(6-9)24-8-23-12/h1-2,6,10H,3-5,7-8H2,(H2,16,20)(H2,17,18,21)/t10-/m1/s1. The third-order valence-electron chi connectivity index (χ3n) is 3.51. The number of fused-ring (bicyclic) bond motifs is 1. The maximum atomic E-state index is 11.7. The number of ether oxygens (including phenoxy) is 3. The number of urea groups is 1. The first kappa shape index (κ1) is 16.7. The monoisotopic (exact) mass is 350 g/mol. The second-order valence-electron chi connectivity index (χ2n) is 5.33. The number of amides is 3. The molecule has 0 fully saturated rings. The Hall–Kier alpha value is -3.17. The van der Waals surface area contributed by atoms with Crippen LogP contribution in [0.15, 0.2) is 23.4 Å². The second kappa shape index (κ2) is 7.60. The second-order valence-corrected chi connectivity index (χ2v) is 5.33. The smallest absolute Gasteiger partial charge is 0.315 e. The van der Waals surface area contributed by atoms with E-state index in [1.54, 1.807) is 18.2 Å². The van der Waals surface area contributed by atoms with Crippen LogP contribution in [0.25, 0.3) is 0 Å². The summed E-state index contributed by atoms with van der Waals surface area (Å²) in [5, 5.41) is 8.83. The third-order valence-corrected chi connectivity index (χ3v) is 3.51. The van der Waals surface area contributed by atoms with Crippen LogP contribution in [0.2, 0.25) is 0 Å². The first-order valence-corrected chi connectivity index (χ1v) is 7.68. The lowest BCUT2D eigenvalue weighted by molar-refractivity contribution is -0.112. The number of nitrogens with two attached hydrogens (primary N) is 1. The van der Waals surface area contributed by atoms with E-state index in [1.165, 1.54) is 0 Å². The molecule has 0 aliphatic carbocycles. The lowest BCUT2D eigenvalue weighted by atomic mass is 10.2. The molecule has 3 amide bonds. The minimum Gasteiger partial charge on any atom is -0.492 e. The Morgan fingerprint density at radius 1 is 1.28 bits per heavy atom. The molecule has 4 N–H and O–H groups in total. The fraction of sp³-hybridized carbons (Fsp3) is 0.400. The van der Waals surface area contributed by atoms with Crippen molar-refractivity contribution in [2.75, 3.05) is 26.5 Å². The van der Waals surface area contributed by atoms with Crippen molar-refractivity contribution in [2.45, 2.75) is 12.5 Å². The van der Waals surface area contributed by atoms with E-state index in [0.29, 0.717) is 30.4 Å². The van der Waals surface area contributed by atoms with Crippen LogP contribution in [0, 0.1) is 0 Å². The molecule has 0 spiro atoms. The zero-order valence-corrected chi connectivity index (χ0v) is 13.3. The van der Waals surface area contributed by atoms with Crippen molar-refractivity contribution in [2.24, 2.45) is 10.9 Å². The normalized spacial score (nSPS) is 17.4. The van der Waals surface area contributed by atoms with Crippen LogP contribution >= 0.6 is 0 Å². The number of hydrogen-bond donors (Lipinski definition) is 3. The van der Waals surface area contributed by atoms with Crippen LogP contribution in [0.4, 0.5) is 4.79 Å². The van der Waals surface area contributed by atoms with Crippen LogP contribution in [-0.4, -0.2) is 50.2 Å². The van der Waals surface area contributed by atoms with Crippen LogP contribution in [0.5, 0.6) is 17.2 Å². The molecule has 0 saturated carbocycles. The average molecular weight is 350 g/mol. The molecule has 0 radical (unpaired) electrons. The summed E-state index contributed by atoms with van der Waals surface area (Å²) >= 11 is 0. The summed E-state index contributed by atoms with van der Waals surface area (Å²) in [6.07, 6.45) is -0.110. The van der Waals surface area contributed by atoms with Crippen molar-refractivity contribution in [3.05, 3.63) is 18.2 Å². The number of hydrogen-bond acceptors (Lipinski definition) is 7. The van der Waals surface area contributed by atoms with Crippen molar-refractivity contribution in [3.63, 3.8) is 0 Å². The van der Waals surface area contributed by atoms with Gasteiger partial charge < -0.3 is 35.4 Å². The lowest BCUT2D eigenvalue weighted by Crippen LogP contribution is -2.41. The largest absolute Gasteiger partial charge is 0.492 e. The molecule has 134 valence electrons. The van der Waals surface area contributed by atoms with E-state index >= 15 is 0 Å². The molecule has 2 heterocycles. The Balaban J connectivity index is 1.29. The summed E-state index contributed by atoms with van der Waals surface area (Å²) in [4.78, 5) is 27.6. The number of carbonyl (C=O) groups is 2. The van der Waals surface area contributed by atoms with Gasteiger partial charge in [0.1, 0.15) is 18.1 Å². The van der Waals surface area contributed by atoms with Gasteiger partial charge in [0.05, 0.1) is 13.1 Å². The summed E-state index contributed by atoms with van der Waals surface area (Å²) in [6, 6.07) is 4.89. The minimum atomic E-state index is -0.618. The van der Waals surface area contributed by atoms with Gasteiger partial charge in [0.15, 0.2) is 17.6 Å². The molecular formula is C15H18N4O6. The fourth-order valence-corrected chi connectivity index (χ4v) is 2.25. The Kier molecular flexibility index (Phi) is 5.07. The predicted octanol–water partition coefficient (Wildman–Crippen LogP) is -0.277. The van der Waals surface area contributed by atoms with E-state index in [1.807, 2.05) is 0 Å². The van der Waals surface area contributed by atoms with E-state index < -0.39 is 12.0 Å². The maximum absolute atomic E-state index is 11.7. The van der Waals surface area contributed by atoms with Gasteiger partial charge in [-0.1, -0.05) is 5.16 Å². The van der Waals surface area contributed by atoms with Crippen molar-refractivity contribution in [3.8, 4) is 17.2 Å². The van der Waals surface area contributed by atoms with Crippen molar-refractivity contribution in [1.29, 1.82) is 0 Å². The van der Waals surface area contributed by atoms with Gasteiger partial charge in [0.25, 0.3) is 5.91 Å². The zero-order valence-electron chi connectivity index (χ0n) is 13.3. The molecule has 3 rings (SSSR count). The number of nitrogens with zero attached hydrogens (tertiary/aromatic N) is 1. The van der Waals surface area contributed by atoms with Crippen molar-refractivity contribution < 1.29 is 28.6 Å². The highest BCUT2D eigenvalue weighted by molar-refractivity contribution is 6.38. The van der Waals surface area contributed by atoms with Gasteiger partial charge >= 0.3 is 6.03 Å². The summed E-state index contributed by atoms with van der Waals surface area (Å²) < 4.78 is 16.0. The third kappa shape index (κ3) is 4.43. The summed E-state index contributed by atoms with van der Waals surface area (Å²) in [6.45, 7) is 1.03. The molecule has 1 aromatic rings. The summed E-state index contributed by atoms with van der Waals surface area (Å²) in [7, 11) is 0. The van der Waals surface area contributed by atoms with E-state index in [0.717, 1.165) is 0 Å². The van der Waals surface area contributed by atoms with Gasteiger partial charge in [-0.05, 0) is 12.1 Å². The molecular weight excluding hydrogens is 332 g/mol. The Labute approximate surface area is 143 Å². The molecule has 2 aliphatic rings. The zero-order chi connectivity index (χ0) is 17.6. The van der Waals surface area contributed by atoms with Crippen LogP contribution in [-0.2, 0) is 9.63 Å². The summed E-state index contributed by atoms with van der Waals surface area (Å²) in [5.41, 5.74) is 5.27. The Bertz CT molecular complexity index is 693. The number of rotatable bonds is 7. The van der Waals surface area contributed by atoms with Gasteiger partial charge in [-0.2, -0.15) is 0 Å². The van der Waals surface area contributed by atoms with E-state index in [4.69, 9.17) is 24.8 Å². The number of benzene rings is 1. The molecule has 0 bridgehead atoms. The first-order chi connectivity index (χ1) is 12.1. The lowest BCUT2D eigenvalue weighted by Gasteiger charge is -2.11. The molecule has 10 heteroatoms. The summed E-state index contributed by atoms with van der Waals surface area (Å²) in [5.74, 6) is 1.33. The minimum absolute atomic E-state index is 0.171. The molecule has 10 nitrogen and oxygen atoms in total. The van der Waals surface area contributed by atoms with E-state index in [2.05, 4.69) is 15.8 Å². The van der Waals surface area contributed by atoms with Crippen LogP contribution < -0.4 is 30.6 Å². The Morgan fingerprint density at radius 2 is 2.12 bits per heavy atom. The number of carbonyl (C=O) groups excluding carboxylic acids is 2. The van der Waals surface area contributed by atoms with Crippen molar-refractivity contribution >= 4 is 17.6 Å². The molecule has 2 aliphatic heterocycles. The Morgan fingerprint density at radius 3 is 2.92 bits per heavy atom. The highest BCUT2D eigenvalue weighted by atomic mass is 16.7. The predicted molar refractivity (Wildman–Crippen MR) is 85.6 cm³/mol. The molecule has 25 heavy (non-hydrogen) atoms. The SMILES string of the molecule is NC(=O)C1=NO[C@@H](CNC(=O)NCCOc2ccc3c(c2)OCO3)C1. The number of oxime groups is 1. The topological polar surface area (TPSA) is 134 Å². The molecule has 1 aromatic carbocycles. The average Bonchev–Trinajstić information content (AvgIpc) is 3.25. The van der Waals surface area contributed by atoms with Gasteiger partial charge in [-0.3, -0.25) is 4.79 Å². The van der Waals surface area contributed by atoms with Gasteiger partial charge in [-0.15, -0.1) is 0 Å².